The number of carbonyl (C=O) groups excluding carboxylic acids is 2. The minimum Gasteiger partial charge on any atom is -0.507 e. The van der Waals surface area contributed by atoms with Crippen LogP contribution in [0, 0.1) is 0 Å². The molecule has 0 spiro atoms. The molecule has 0 saturated carbocycles. The third kappa shape index (κ3) is 4.14. The lowest BCUT2D eigenvalue weighted by atomic mass is 9.94. The summed E-state index contributed by atoms with van der Waals surface area (Å²) in [5.41, 5.74) is 4.09. The van der Waals surface area contributed by atoms with Gasteiger partial charge in [-0.3, -0.25) is 14.6 Å². The fourth-order valence-corrected chi connectivity index (χ4v) is 4.76. The van der Waals surface area contributed by atoms with Crippen LogP contribution < -0.4 is 9.64 Å². The molecule has 0 unspecified atom stereocenters. The second-order valence-corrected chi connectivity index (χ2v) is 9.23. The van der Waals surface area contributed by atoms with Gasteiger partial charge in [-0.05, 0) is 60.0 Å². The third-order valence-electron chi connectivity index (χ3n) is 6.51. The Bertz CT molecular complexity index is 1320. The van der Waals surface area contributed by atoms with Crippen LogP contribution in [0.3, 0.4) is 0 Å². The molecule has 7 nitrogen and oxygen atoms in total. The molecule has 2 aliphatic rings. The summed E-state index contributed by atoms with van der Waals surface area (Å²) in [6, 6.07) is 16.0. The summed E-state index contributed by atoms with van der Waals surface area (Å²) in [5.74, 6) is -0.739. The summed E-state index contributed by atoms with van der Waals surface area (Å²) in [4.78, 5) is 34.2. The Balaban J connectivity index is 1.62. The summed E-state index contributed by atoms with van der Waals surface area (Å²) in [7, 11) is 3.89. The molecule has 1 saturated heterocycles. The lowest BCUT2D eigenvalue weighted by molar-refractivity contribution is -0.140. The molecular formula is C28H27N3O4. The minimum atomic E-state index is -0.727. The van der Waals surface area contributed by atoms with Crippen LogP contribution in [0.2, 0.25) is 0 Å². The standard InChI is InChI=1S/C28H27N3O4/c1-17-13-21-14-20(8-11-23(21)35-17)26(32)24-25(19-6-9-22(10-7-19)30(2)3)31(28(34)27(24)33)16-18-5-4-12-29-15-18/h4-12,14-15,17,25,32H,13,16H2,1-3H3/t17-,25+/m0/s1. The lowest BCUT2D eigenvalue weighted by Crippen LogP contribution is -2.29. The highest BCUT2D eigenvalue weighted by molar-refractivity contribution is 6.46. The van der Waals surface area contributed by atoms with E-state index in [1.54, 1.807) is 30.6 Å². The number of Topliss-reactive ketones (excluding diaryl/α,β-unsaturated/α-hetero) is 1. The number of ketones is 1. The summed E-state index contributed by atoms with van der Waals surface area (Å²) in [5, 5.41) is 11.4. The van der Waals surface area contributed by atoms with Gasteiger partial charge in [0.2, 0.25) is 0 Å². The lowest BCUT2D eigenvalue weighted by Gasteiger charge is -2.26. The molecular weight excluding hydrogens is 442 g/mol. The van der Waals surface area contributed by atoms with E-state index >= 15 is 0 Å². The monoisotopic (exact) mass is 469 g/mol. The van der Waals surface area contributed by atoms with Gasteiger partial charge < -0.3 is 19.6 Å². The van der Waals surface area contributed by atoms with E-state index in [1.165, 1.54) is 4.90 Å². The van der Waals surface area contributed by atoms with Gasteiger partial charge in [0.15, 0.2) is 0 Å². The molecule has 2 aliphatic heterocycles. The number of aliphatic hydroxyl groups excluding tert-OH is 1. The molecule has 0 bridgehead atoms. The molecule has 1 N–H and O–H groups in total. The second kappa shape index (κ2) is 8.91. The van der Waals surface area contributed by atoms with E-state index in [-0.39, 0.29) is 24.0 Å². The number of fused-ring (bicyclic) bond motifs is 1. The number of hydrogen-bond acceptors (Lipinski definition) is 6. The number of pyridine rings is 1. The van der Waals surface area contributed by atoms with E-state index in [4.69, 9.17) is 4.74 Å². The number of nitrogens with zero attached hydrogens (tertiary/aromatic N) is 3. The molecule has 7 heteroatoms. The number of benzene rings is 2. The van der Waals surface area contributed by atoms with Gasteiger partial charge in [0, 0.05) is 50.7 Å². The highest BCUT2D eigenvalue weighted by Crippen LogP contribution is 2.41. The smallest absolute Gasteiger partial charge is 0.295 e. The Morgan fingerprint density at radius 2 is 1.91 bits per heavy atom. The minimum absolute atomic E-state index is 0.0580. The molecule has 178 valence electrons. The highest BCUT2D eigenvalue weighted by Gasteiger charge is 2.46. The van der Waals surface area contributed by atoms with Crippen molar-refractivity contribution in [3.8, 4) is 5.75 Å². The zero-order chi connectivity index (χ0) is 24.7. The van der Waals surface area contributed by atoms with E-state index in [2.05, 4.69) is 4.98 Å². The normalized spacial score (nSPS) is 20.6. The fourth-order valence-electron chi connectivity index (χ4n) is 4.76. The van der Waals surface area contributed by atoms with Crippen molar-refractivity contribution in [3.05, 3.63) is 94.8 Å². The number of rotatable bonds is 5. The highest BCUT2D eigenvalue weighted by atomic mass is 16.5. The predicted octanol–water partition coefficient (Wildman–Crippen LogP) is 4.09. The van der Waals surface area contributed by atoms with Crippen LogP contribution in [0.5, 0.6) is 5.75 Å². The SMILES string of the molecule is C[C@H]1Cc2cc(C(O)=C3C(=O)C(=O)N(Cc4cccnc4)[C@@H]3c3ccc(N(C)C)cc3)ccc2O1. The molecule has 1 amide bonds. The van der Waals surface area contributed by atoms with Crippen molar-refractivity contribution in [2.24, 2.45) is 0 Å². The Morgan fingerprint density at radius 1 is 1.14 bits per heavy atom. The van der Waals surface area contributed by atoms with Crippen molar-refractivity contribution >= 4 is 23.1 Å². The summed E-state index contributed by atoms with van der Waals surface area (Å²) >= 11 is 0. The first-order chi connectivity index (χ1) is 16.8. The molecule has 5 rings (SSSR count). The van der Waals surface area contributed by atoms with Gasteiger partial charge in [-0.25, -0.2) is 0 Å². The first kappa shape index (κ1) is 22.7. The van der Waals surface area contributed by atoms with Crippen molar-refractivity contribution < 1.29 is 19.4 Å². The Morgan fingerprint density at radius 3 is 2.60 bits per heavy atom. The molecule has 35 heavy (non-hydrogen) atoms. The van der Waals surface area contributed by atoms with E-state index in [9.17, 15) is 14.7 Å². The predicted molar refractivity (Wildman–Crippen MR) is 133 cm³/mol. The zero-order valence-electron chi connectivity index (χ0n) is 19.9. The van der Waals surface area contributed by atoms with Crippen molar-refractivity contribution in [2.45, 2.75) is 32.0 Å². The maximum Gasteiger partial charge on any atom is 0.295 e. The summed E-state index contributed by atoms with van der Waals surface area (Å²) < 4.78 is 5.77. The maximum absolute atomic E-state index is 13.3. The Kier molecular flexibility index (Phi) is 5.76. The van der Waals surface area contributed by atoms with Gasteiger partial charge in [-0.1, -0.05) is 18.2 Å². The first-order valence-electron chi connectivity index (χ1n) is 11.6. The van der Waals surface area contributed by atoms with Crippen LogP contribution in [-0.2, 0) is 22.6 Å². The average Bonchev–Trinajstić information content (AvgIpc) is 3.35. The van der Waals surface area contributed by atoms with Gasteiger partial charge in [0.1, 0.15) is 17.6 Å². The number of hydrogen-bond donors (Lipinski definition) is 1. The number of ether oxygens (including phenoxy) is 1. The zero-order valence-corrected chi connectivity index (χ0v) is 19.9. The van der Waals surface area contributed by atoms with Crippen molar-refractivity contribution in [1.29, 1.82) is 0 Å². The number of aromatic nitrogens is 1. The molecule has 3 aromatic rings. The largest absolute Gasteiger partial charge is 0.507 e. The fraction of sp³-hybridized carbons (Fsp3) is 0.250. The number of likely N-dealkylation sites (tertiary alicyclic amines) is 1. The van der Waals surface area contributed by atoms with Crippen LogP contribution in [0.4, 0.5) is 5.69 Å². The topological polar surface area (TPSA) is 83.0 Å². The Labute approximate surface area is 204 Å². The molecule has 2 aromatic carbocycles. The Hall–Kier alpha value is -4.13. The molecule has 1 fully saturated rings. The number of carbonyl (C=O) groups is 2. The molecule has 2 atom stereocenters. The van der Waals surface area contributed by atoms with E-state index in [0.717, 1.165) is 34.5 Å². The van der Waals surface area contributed by atoms with Gasteiger partial charge >= 0.3 is 0 Å². The van der Waals surface area contributed by atoms with Crippen LogP contribution in [0.15, 0.2) is 72.6 Å². The van der Waals surface area contributed by atoms with Crippen molar-refractivity contribution in [3.63, 3.8) is 0 Å². The summed E-state index contributed by atoms with van der Waals surface area (Å²) in [6.07, 6.45) is 4.12. The molecule has 0 aliphatic carbocycles. The van der Waals surface area contributed by atoms with Crippen molar-refractivity contribution in [2.75, 3.05) is 19.0 Å². The number of anilines is 1. The van der Waals surface area contributed by atoms with Gasteiger partial charge in [-0.2, -0.15) is 0 Å². The van der Waals surface area contributed by atoms with Crippen LogP contribution in [0.1, 0.15) is 35.2 Å². The number of amides is 1. The van der Waals surface area contributed by atoms with Crippen molar-refractivity contribution in [1.82, 2.24) is 9.88 Å². The molecule has 1 aromatic heterocycles. The van der Waals surface area contributed by atoms with Gasteiger partial charge in [0.05, 0.1) is 11.6 Å². The van der Waals surface area contributed by atoms with E-state index in [1.807, 2.05) is 62.3 Å². The molecule has 3 heterocycles. The first-order valence-corrected chi connectivity index (χ1v) is 11.6. The third-order valence-corrected chi connectivity index (χ3v) is 6.51. The quantitative estimate of drug-likeness (QED) is 0.344. The summed E-state index contributed by atoms with van der Waals surface area (Å²) in [6.45, 7) is 2.19. The second-order valence-electron chi connectivity index (χ2n) is 9.23. The van der Waals surface area contributed by atoms with E-state index < -0.39 is 17.7 Å². The average molecular weight is 470 g/mol. The number of aliphatic hydroxyl groups is 1. The van der Waals surface area contributed by atoms with Gasteiger partial charge in [0.25, 0.3) is 11.7 Å². The van der Waals surface area contributed by atoms with Gasteiger partial charge in [-0.15, -0.1) is 0 Å². The molecule has 0 radical (unpaired) electrons. The van der Waals surface area contributed by atoms with E-state index in [0.29, 0.717) is 5.56 Å². The van der Waals surface area contributed by atoms with Crippen LogP contribution in [-0.4, -0.2) is 46.9 Å². The van der Waals surface area contributed by atoms with Crippen LogP contribution >= 0.6 is 0 Å². The van der Waals surface area contributed by atoms with Crippen LogP contribution in [0.25, 0.3) is 5.76 Å². The maximum atomic E-state index is 13.3.